The number of fused-ring (bicyclic) bond motifs is 2. The van der Waals surface area contributed by atoms with Crippen LogP contribution in [-0.4, -0.2) is 0 Å². The molecule has 0 heterocycles. The van der Waals surface area contributed by atoms with Gasteiger partial charge in [0.05, 0.1) is 0 Å². The van der Waals surface area contributed by atoms with Gasteiger partial charge in [-0.25, -0.2) is 0 Å². The first-order valence-corrected chi connectivity index (χ1v) is 6.64. The van der Waals surface area contributed by atoms with Crippen molar-refractivity contribution in [1.82, 2.24) is 0 Å². The standard InChI is InChI=1S/2C10H7.2Na/c2*1-2-6-10-8-4-3-7-9(10)5-1;;/h2*1-7H;;/q2*-1;2*+1. The molecular weight excluding hydrogens is 286 g/mol. The maximum Gasteiger partial charge on any atom is 1.00 e. The van der Waals surface area contributed by atoms with E-state index in [9.17, 15) is 0 Å². The minimum Gasteiger partial charge on any atom is -0.147 e. The van der Waals surface area contributed by atoms with Crippen LogP contribution in [0, 0.1) is 12.1 Å². The van der Waals surface area contributed by atoms with Gasteiger partial charge in [-0.05, 0) is 0 Å². The summed E-state index contributed by atoms with van der Waals surface area (Å²) in [5.41, 5.74) is 0. The molecule has 4 aromatic carbocycles. The van der Waals surface area contributed by atoms with Gasteiger partial charge < -0.3 is 0 Å². The van der Waals surface area contributed by atoms with Gasteiger partial charge in [0, 0.05) is 0 Å². The van der Waals surface area contributed by atoms with Crippen molar-refractivity contribution in [2.45, 2.75) is 0 Å². The van der Waals surface area contributed by atoms with Crippen LogP contribution in [0.4, 0.5) is 0 Å². The van der Waals surface area contributed by atoms with E-state index in [1.54, 1.807) is 0 Å². The molecular formula is C20H14Na2. The molecule has 0 bridgehead atoms. The zero-order chi connectivity index (χ0) is 13.6. The van der Waals surface area contributed by atoms with Gasteiger partial charge in [-0.2, -0.15) is 0 Å². The van der Waals surface area contributed by atoms with Crippen molar-refractivity contribution >= 4 is 21.5 Å². The smallest absolute Gasteiger partial charge is 0.147 e. The molecule has 0 radical (unpaired) electrons. The van der Waals surface area contributed by atoms with Gasteiger partial charge in [0.2, 0.25) is 0 Å². The summed E-state index contributed by atoms with van der Waals surface area (Å²) in [5.74, 6) is 0. The van der Waals surface area contributed by atoms with Crippen molar-refractivity contribution in [3.63, 3.8) is 0 Å². The molecule has 4 aromatic rings. The normalized spacial score (nSPS) is 9.09. The number of rotatable bonds is 0. The summed E-state index contributed by atoms with van der Waals surface area (Å²) in [4.78, 5) is 0. The Morgan fingerprint density at radius 1 is 0.455 bits per heavy atom. The third kappa shape index (κ3) is 5.24. The van der Waals surface area contributed by atoms with Crippen LogP contribution in [0.15, 0.2) is 84.9 Å². The first-order chi connectivity index (χ1) is 9.93. The first kappa shape index (κ1) is 19.4. The van der Waals surface area contributed by atoms with Crippen LogP contribution >= 0.6 is 0 Å². The second-order valence-corrected chi connectivity index (χ2v) is 4.51. The molecule has 0 spiro atoms. The molecule has 0 amide bonds. The summed E-state index contributed by atoms with van der Waals surface area (Å²) < 4.78 is 0. The van der Waals surface area contributed by atoms with Gasteiger partial charge in [-0.1, -0.05) is 24.3 Å². The molecule has 22 heavy (non-hydrogen) atoms. The van der Waals surface area contributed by atoms with Crippen LogP contribution in [0.5, 0.6) is 0 Å². The number of benzene rings is 4. The summed E-state index contributed by atoms with van der Waals surface area (Å²) in [7, 11) is 0. The molecule has 0 saturated heterocycles. The van der Waals surface area contributed by atoms with Crippen LogP contribution in [0.3, 0.4) is 0 Å². The van der Waals surface area contributed by atoms with E-state index in [0.29, 0.717) is 0 Å². The molecule has 0 fully saturated rings. The van der Waals surface area contributed by atoms with E-state index in [0.717, 1.165) is 0 Å². The Hall–Kier alpha value is -0.600. The van der Waals surface area contributed by atoms with Gasteiger partial charge in [0.1, 0.15) is 0 Å². The van der Waals surface area contributed by atoms with Crippen molar-refractivity contribution in [1.29, 1.82) is 0 Å². The molecule has 96 valence electrons. The third-order valence-electron chi connectivity index (χ3n) is 3.14. The fraction of sp³-hybridized carbons (Fsp3) is 0. The average molecular weight is 300 g/mol. The predicted octanol–water partition coefficient (Wildman–Crippen LogP) is -0.712. The molecule has 0 N–H and O–H groups in total. The average Bonchev–Trinajstić information content (AvgIpc) is 2.56. The second kappa shape index (κ2) is 10.2. The maximum atomic E-state index is 3.15. The Morgan fingerprint density at radius 2 is 0.818 bits per heavy atom. The third-order valence-corrected chi connectivity index (χ3v) is 3.14. The molecule has 0 nitrogen and oxygen atoms in total. The molecule has 0 aromatic heterocycles. The summed E-state index contributed by atoms with van der Waals surface area (Å²) in [6.45, 7) is 0. The Kier molecular flexibility index (Phi) is 9.04. The molecule has 0 unspecified atom stereocenters. The van der Waals surface area contributed by atoms with Crippen LogP contribution in [0.2, 0.25) is 0 Å². The zero-order valence-electron chi connectivity index (χ0n) is 13.1. The van der Waals surface area contributed by atoms with E-state index >= 15 is 0 Å². The molecule has 0 saturated carbocycles. The Labute approximate surface area is 176 Å². The van der Waals surface area contributed by atoms with Gasteiger partial charge in [0.25, 0.3) is 0 Å². The predicted molar refractivity (Wildman–Crippen MR) is 85.6 cm³/mol. The molecule has 0 aliphatic heterocycles. The van der Waals surface area contributed by atoms with Crippen molar-refractivity contribution < 1.29 is 59.1 Å². The van der Waals surface area contributed by atoms with Gasteiger partial charge in [-0.15, -0.1) is 94.3 Å². The Bertz CT molecular complexity index is 623. The molecule has 4 rings (SSSR count). The minimum absolute atomic E-state index is 0. The number of hydrogen-bond donors (Lipinski definition) is 0. The fourth-order valence-electron chi connectivity index (χ4n) is 2.13. The Balaban J connectivity index is 0.000000202. The summed E-state index contributed by atoms with van der Waals surface area (Å²) in [6, 6.07) is 34.8. The Morgan fingerprint density at radius 3 is 1.23 bits per heavy atom. The maximum absolute atomic E-state index is 3.15. The van der Waals surface area contributed by atoms with E-state index < -0.39 is 0 Å². The quantitative estimate of drug-likeness (QED) is 0.297. The minimum atomic E-state index is 0. The van der Waals surface area contributed by atoms with E-state index in [1.165, 1.54) is 21.5 Å². The fourth-order valence-corrected chi connectivity index (χ4v) is 2.13. The van der Waals surface area contributed by atoms with E-state index in [4.69, 9.17) is 0 Å². The van der Waals surface area contributed by atoms with Crippen LogP contribution < -0.4 is 59.1 Å². The molecule has 0 atom stereocenters. The van der Waals surface area contributed by atoms with Crippen molar-refractivity contribution in [3.8, 4) is 0 Å². The molecule has 0 aliphatic carbocycles. The van der Waals surface area contributed by atoms with Gasteiger partial charge in [0.15, 0.2) is 0 Å². The monoisotopic (exact) mass is 300 g/mol. The van der Waals surface area contributed by atoms with Crippen molar-refractivity contribution in [3.05, 3.63) is 97.1 Å². The SMILES string of the molecule is [Na+].[Na+].[c-]1cccc2ccccc12.[c-]1cccc2ccccc12. The second-order valence-electron chi connectivity index (χ2n) is 4.51. The van der Waals surface area contributed by atoms with Gasteiger partial charge >= 0.3 is 59.1 Å². The van der Waals surface area contributed by atoms with Crippen molar-refractivity contribution in [2.75, 3.05) is 0 Å². The topological polar surface area (TPSA) is 0 Å². The molecule has 0 aliphatic rings. The zero-order valence-corrected chi connectivity index (χ0v) is 17.1. The van der Waals surface area contributed by atoms with E-state index in [-0.39, 0.29) is 59.1 Å². The molecule has 2 heteroatoms. The van der Waals surface area contributed by atoms with Gasteiger partial charge in [-0.3, -0.25) is 0 Å². The van der Waals surface area contributed by atoms with Crippen molar-refractivity contribution in [2.24, 2.45) is 0 Å². The summed E-state index contributed by atoms with van der Waals surface area (Å²) >= 11 is 0. The summed E-state index contributed by atoms with van der Waals surface area (Å²) in [6.07, 6.45) is 0. The summed E-state index contributed by atoms with van der Waals surface area (Å²) in [5, 5.41) is 4.88. The van der Waals surface area contributed by atoms with Crippen LogP contribution in [-0.2, 0) is 0 Å². The number of hydrogen-bond acceptors (Lipinski definition) is 0. The van der Waals surface area contributed by atoms with Crippen LogP contribution in [0.1, 0.15) is 0 Å². The van der Waals surface area contributed by atoms with E-state index in [2.05, 4.69) is 48.5 Å². The first-order valence-electron chi connectivity index (χ1n) is 6.64. The van der Waals surface area contributed by atoms with Crippen LogP contribution in [0.25, 0.3) is 21.5 Å². The largest absolute Gasteiger partial charge is 1.00 e. The van der Waals surface area contributed by atoms with E-state index in [1.807, 2.05) is 48.5 Å².